The lowest BCUT2D eigenvalue weighted by molar-refractivity contribution is -0.174. The molecule has 0 fully saturated rings. The standard InChI is InChI=1S/C13H14F3N3OS/c14-13(15,16)11(20)18-8-4-5-9-7(6-8)2-1-3-10(9)19-12(17)21/h1-3,8H,4-6H2,(H,18,20)(H3,17,19,21)/t8-/m0/s1. The van der Waals surface area contributed by atoms with Gasteiger partial charge >= 0.3 is 12.1 Å². The van der Waals surface area contributed by atoms with Gasteiger partial charge < -0.3 is 16.4 Å². The van der Waals surface area contributed by atoms with Gasteiger partial charge in [-0.2, -0.15) is 13.2 Å². The van der Waals surface area contributed by atoms with Gasteiger partial charge in [0, 0.05) is 11.7 Å². The average Bonchev–Trinajstić information content (AvgIpc) is 2.37. The van der Waals surface area contributed by atoms with Gasteiger partial charge in [0.25, 0.3) is 0 Å². The van der Waals surface area contributed by atoms with Crippen LogP contribution in [-0.2, 0) is 17.6 Å². The summed E-state index contributed by atoms with van der Waals surface area (Å²) in [6.07, 6.45) is -3.52. The van der Waals surface area contributed by atoms with E-state index in [1.165, 1.54) is 0 Å². The van der Waals surface area contributed by atoms with Crippen molar-refractivity contribution in [2.24, 2.45) is 5.73 Å². The SMILES string of the molecule is NC(=S)Nc1cccc2c1CC[C@H](NC(=O)C(F)(F)F)C2. The molecular formula is C13H14F3N3OS. The van der Waals surface area contributed by atoms with Crippen LogP contribution in [-0.4, -0.2) is 23.2 Å². The fourth-order valence-electron chi connectivity index (χ4n) is 2.45. The molecule has 1 aromatic carbocycles. The summed E-state index contributed by atoms with van der Waals surface area (Å²) in [5.74, 6) is -1.90. The number of amides is 1. The second-order valence-corrected chi connectivity index (χ2v) is 5.28. The van der Waals surface area contributed by atoms with Gasteiger partial charge in [-0.05, 0) is 48.7 Å². The number of fused-ring (bicyclic) bond motifs is 1. The first-order valence-corrected chi connectivity index (χ1v) is 6.73. The van der Waals surface area contributed by atoms with Crippen LogP contribution >= 0.6 is 12.2 Å². The van der Waals surface area contributed by atoms with E-state index in [2.05, 4.69) is 5.32 Å². The summed E-state index contributed by atoms with van der Waals surface area (Å²) >= 11 is 4.79. The van der Waals surface area contributed by atoms with Gasteiger partial charge in [0.2, 0.25) is 0 Å². The Hall–Kier alpha value is -1.83. The van der Waals surface area contributed by atoms with Crippen LogP contribution in [0.25, 0.3) is 0 Å². The molecule has 1 atom stereocenters. The number of rotatable bonds is 2. The molecule has 4 N–H and O–H groups in total. The average molecular weight is 317 g/mol. The van der Waals surface area contributed by atoms with Gasteiger partial charge in [0.1, 0.15) is 0 Å². The summed E-state index contributed by atoms with van der Waals surface area (Å²) < 4.78 is 36.8. The Morgan fingerprint density at radius 1 is 1.38 bits per heavy atom. The molecule has 4 nitrogen and oxygen atoms in total. The van der Waals surface area contributed by atoms with Crippen molar-refractivity contribution in [1.29, 1.82) is 0 Å². The highest BCUT2D eigenvalue weighted by atomic mass is 32.1. The predicted octanol–water partition coefficient (Wildman–Crippen LogP) is 1.88. The highest BCUT2D eigenvalue weighted by Crippen LogP contribution is 2.28. The van der Waals surface area contributed by atoms with Crippen LogP contribution in [0.2, 0.25) is 0 Å². The summed E-state index contributed by atoms with van der Waals surface area (Å²) in [5, 5.41) is 5.01. The van der Waals surface area contributed by atoms with Crippen LogP contribution in [0.1, 0.15) is 17.5 Å². The van der Waals surface area contributed by atoms with Crippen LogP contribution in [0.4, 0.5) is 18.9 Å². The van der Waals surface area contributed by atoms with E-state index < -0.39 is 18.1 Å². The molecule has 1 aliphatic rings. The maximum Gasteiger partial charge on any atom is 0.471 e. The first-order chi connectivity index (χ1) is 9.77. The Morgan fingerprint density at radius 2 is 2.10 bits per heavy atom. The fraction of sp³-hybridized carbons (Fsp3) is 0.385. The van der Waals surface area contributed by atoms with Crippen molar-refractivity contribution in [3.8, 4) is 0 Å². The maximum absolute atomic E-state index is 12.3. The Bertz CT molecular complexity index is 574. The third-order valence-electron chi connectivity index (χ3n) is 3.33. The van der Waals surface area contributed by atoms with Crippen LogP contribution in [0, 0.1) is 0 Å². The van der Waals surface area contributed by atoms with Gasteiger partial charge in [-0.15, -0.1) is 0 Å². The normalized spacial score (nSPS) is 17.8. The number of hydrogen-bond donors (Lipinski definition) is 3. The van der Waals surface area contributed by atoms with E-state index in [0.717, 1.165) is 16.8 Å². The third kappa shape index (κ3) is 3.84. The molecule has 0 aliphatic heterocycles. The van der Waals surface area contributed by atoms with Crippen molar-refractivity contribution in [1.82, 2.24) is 5.32 Å². The van der Waals surface area contributed by atoms with Crippen molar-refractivity contribution >= 4 is 28.9 Å². The van der Waals surface area contributed by atoms with Crippen LogP contribution in [0.5, 0.6) is 0 Å². The summed E-state index contributed by atoms with van der Waals surface area (Å²) in [5.41, 5.74) is 8.06. The lowest BCUT2D eigenvalue weighted by atomic mass is 9.87. The van der Waals surface area contributed by atoms with E-state index >= 15 is 0 Å². The van der Waals surface area contributed by atoms with E-state index in [-0.39, 0.29) is 5.11 Å². The van der Waals surface area contributed by atoms with Crippen molar-refractivity contribution < 1.29 is 18.0 Å². The van der Waals surface area contributed by atoms with Crippen molar-refractivity contribution in [3.63, 3.8) is 0 Å². The molecule has 8 heteroatoms. The molecule has 1 aromatic rings. The zero-order valence-corrected chi connectivity index (χ0v) is 11.8. The molecule has 0 saturated carbocycles. The molecule has 0 spiro atoms. The predicted molar refractivity (Wildman–Crippen MR) is 76.9 cm³/mol. The van der Waals surface area contributed by atoms with Gasteiger partial charge in [-0.1, -0.05) is 12.1 Å². The largest absolute Gasteiger partial charge is 0.471 e. The fourth-order valence-corrected chi connectivity index (χ4v) is 2.56. The zero-order valence-electron chi connectivity index (χ0n) is 11.0. The minimum absolute atomic E-state index is 0.135. The third-order valence-corrected chi connectivity index (χ3v) is 3.43. The monoisotopic (exact) mass is 317 g/mol. The van der Waals surface area contributed by atoms with E-state index in [0.29, 0.717) is 19.3 Å². The van der Waals surface area contributed by atoms with Crippen molar-refractivity contribution in [2.75, 3.05) is 5.32 Å². The molecule has 0 radical (unpaired) electrons. The molecule has 0 unspecified atom stereocenters. The Kier molecular flexibility index (Phi) is 4.36. The van der Waals surface area contributed by atoms with Gasteiger partial charge in [0.15, 0.2) is 5.11 Å². The number of thiocarbonyl (C=S) groups is 1. The second kappa shape index (κ2) is 5.88. The number of carbonyl (C=O) groups excluding carboxylic acids is 1. The number of benzene rings is 1. The van der Waals surface area contributed by atoms with E-state index in [1.54, 1.807) is 6.07 Å². The van der Waals surface area contributed by atoms with Gasteiger partial charge in [-0.25, -0.2) is 0 Å². The first-order valence-electron chi connectivity index (χ1n) is 6.32. The maximum atomic E-state index is 12.3. The highest BCUT2D eigenvalue weighted by Gasteiger charge is 2.40. The number of nitrogens with one attached hydrogen (secondary N) is 2. The molecule has 1 aliphatic carbocycles. The summed E-state index contributed by atoms with van der Waals surface area (Å²) in [6.45, 7) is 0. The Morgan fingerprint density at radius 3 is 2.71 bits per heavy atom. The summed E-state index contributed by atoms with van der Waals surface area (Å²) in [4.78, 5) is 11.0. The lowest BCUT2D eigenvalue weighted by Crippen LogP contribution is -2.45. The zero-order chi connectivity index (χ0) is 15.6. The minimum Gasteiger partial charge on any atom is -0.376 e. The highest BCUT2D eigenvalue weighted by molar-refractivity contribution is 7.80. The number of halogens is 3. The molecule has 21 heavy (non-hydrogen) atoms. The Labute approximate surface area is 124 Å². The Balaban J connectivity index is 2.11. The lowest BCUT2D eigenvalue weighted by Gasteiger charge is -2.27. The summed E-state index contributed by atoms with van der Waals surface area (Å²) in [6, 6.07) is 4.89. The van der Waals surface area contributed by atoms with E-state index in [9.17, 15) is 18.0 Å². The molecular weight excluding hydrogens is 303 g/mol. The summed E-state index contributed by atoms with van der Waals surface area (Å²) in [7, 11) is 0. The number of alkyl halides is 3. The van der Waals surface area contributed by atoms with Crippen molar-refractivity contribution in [2.45, 2.75) is 31.5 Å². The molecule has 114 valence electrons. The van der Waals surface area contributed by atoms with Gasteiger partial charge in [0.05, 0.1) is 0 Å². The smallest absolute Gasteiger partial charge is 0.376 e. The molecule has 0 heterocycles. The number of anilines is 1. The van der Waals surface area contributed by atoms with E-state index in [4.69, 9.17) is 18.0 Å². The number of carbonyl (C=O) groups is 1. The first kappa shape index (κ1) is 15.6. The molecule has 0 saturated heterocycles. The molecule has 0 bridgehead atoms. The number of nitrogens with two attached hydrogens (primary N) is 1. The van der Waals surface area contributed by atoms with Crippen LogP contribution < -0.4 is 16.4 Å². The van der Waals surface area contributed by atoms with Crippen LogP contribution in [0.15, 0.2) is 18.2 Å². The molecule has 1 amide bonds. The quantitative estimate of drug-likeness (QED) is 0.729. The molecule has 0 aromatic heterocycles. The number of hydrogen-bond acceptors (Lipinski definition) is 2. The minimum atomic E-state index is -4.85. The molecule has 2 rings (SSSR count). The van der Waals surface area contributed by atoms with Crippen molar-refractivity contribution in [3.05, 3.63) is 29.3 Å². The second-order valence-electron chi connectivity index (χ2n) is 4.84. The van der Waals surface area contributed by atoms with Crippen LogP contribution in [0.3, 0.4) is 0 Å². The van der Waals surface area contributed by atoms with E-state index in [1.807, 2.05) is 17.4 Å². The van der Waals surface area contributed by atoms with Gasteiger partial charge in [-0.3, -0.25) is 4.79 Å². The topological polar surface area (TPSA) is 67.2 Å².